The van der Waals surface area contributed by atoms with Crippen LogP contribution in [-0.4, -0.2) is 27.5 Å². The largest absolute Gasteiger partial charge is 0.337 e. The van der Waals surface area contributed by atoms with Gasteiger partial charge in [-0.25, -0.2) is 4.39 Å². The number of nitrogens with zero attached hydrogens (tertiary/aromatic N) is 3. The SMILES string of the molecule is O=C(c1ccc(F)cc1)N1CCC[C@@H]1c1nc(-c2ccccc2Cl)no1. The monoisotopic (exact) mass is 371 g/mol. The number of benzene rings is 2. The van der Waals surface area contributed by atoms with Crippen molar-refractivity contribution in [3.8, 4) is 11.4 Å². The molecule has 0 aliphatic carbocycles. The number of likely N-dealkylation sites (tertiary alicyclic amines) is 1. The summed E-state index contributed by atoms with van der Waals surface area (Å²) >= 11 is 6.18. The fraction of sp³-hybridized carbons (Fsp3) is 0.211. The molecule has 3 aromatic rings. The summed E-state index contributed by atoms with van der Waals surface area (Å²) in [5.74, 6) is 0.227. The van der Waals surface area contributed by atoms with Gasteiger partial charge in [-0.1, -0.05) is 28.9 Å². The standard InChI is InChI=1S/C19H15ClFN3O2/c20-15-5-2-1-4-14(15)17-22-18(26-23-17)16-6-3-11-24(16)19(25)12-7-9-13(21)10-8-12/h1-2,4-5,7-10,16H,3,6,11H2/t16-/m1/s1. The van der Waals surface area contributed by atoms with E-state index >= 15 is 0 Å². The third-order valence-electron chi connectivity index (χ3n) is 4.45. The molecule has 0 saturated carbocycles. The average molecular weight is 372 g/mol. The first kappa shape index (κ1) is 16.7. The fourth-order valence-corrected chi connectivity index (χ4v) is 3.37. The zero-order chi connectivity index (χ0) is 18.1. The lowest BCUT2D eigenvalue weighted by Crippen LogP contribution is -2.30. The van der Waals surface area contributed by atoms with Crippen molar-refractivity contribution >= 4 is 17.5 Å². The third-order valence-corrected chi connectivity index (χ3v) is 4.78. The third kappa shape index (κ3) is 3.08. The maximum atomic E-state index is 13.1. The van der Waals surface area contributed by atoms with Gasteiger partial charge >= 0.3 is 0 Å². The summed E-state index contributed by atoms with van der Waals surface area (Å²) in [7, 11) is 0. The van der Waals surface area contributed by atoms with E-state index in [-0.39, 0.29) is 17.8 Å². The Bertz CT molecular complexity index is 942. The van der Waals surface area contributed by atoms with E-state index in [1.54, 1.807) is 11.0 Å². The van der Waals surface area contributed by atoms with Gasteiger partial charge in [-0.15, -0.1) is 0 Å². The van der Waals surface area contributed by atoms with Crippen LogP contribution in [0.1, 0.15) is 35.1 Å². The Labute approximate surface area is 154 Å². The van der Waals surface area contributed by atoms with Crippen LogP contribution < -0.4 is 0 Å². The lowest BCUT2D eigenvalue weighted by molar-refractivity contribution is 0.0710. The van der Waals surface area contributed by atoms with Crippen LogP contribution in [0.15, 0.2) is 53.1 Å². The van der Waals surface area contributed by atoms with Crippen LogP contribution >= 0.6 is 11.6 Å². The highest BCUT2D eigenvalue weighted by Crippen LogP contribution is 2.34. The van der Waals surface area contributed by atoms with Crippen LogP contribution in [-0.2, 0) is 0 Å². The molecule has 7 heteroatoms. The predicted octanol–water partition coefficient (Wildman–Crippen LogP) is 4.51. The molecule has 4 rings (SSSR count). The number of rotatable bonds is 3. The number of hydrogen-bond acceptors (Lipinski definition) is 4. The number of halogens is 2. The molecule has 26 heavy (non-hydrogen) atoms. The highest BCUT2D eigenvalue weighted by Gasteiger charge is 2.34. The summed E-state index contributed by atoms with van der Waals surface area (Å²) in [4.78, 5) is 18.9. The van der Waals surface area contributed by atoms with Gasteiger partial charge < -0.3 is 9.42 Å². The first-order chi connectivity index (χ1) is 12.6. The van der Waals surface area contributed by atoms with E-state index < -0.39 is 0 Å². The number of carbonyl (C=O) groups excluding carboxylic acids is 1. The topological polar surface area (TPSA) is 59.2 Å². The second-order valence-electron chi connectivity index (χ2n) is 6.10. The summed E-state index contributed by atoms with van der Waals surface area (Å²) in [6, 6.07) is 12.5. The molecule has 0 unspecified atom stereocenters. The lowest BCUT2D eigenvalue weighted by Gasteiger charge is -2.21. The van der Waals surface area contributed by atoms with E-state index in [0.717, 1.165) is 12.8 Å². The second kappa shape index (κ2) is 6.88. The van der Waals surface area contributed by atoms with Gasteiger partial charge in [0.15, 0.2) is 0 Å². The van der Waals surface area contributed by atoms with Crippen molar-refractivity contribution < 1.29 is 13.7 Å². The Morgan fingerprint density at radius 2 is 1.96 bits per heavy atom. The van der Waals surface area contributed by atoms with Gasteiger partial charge in [0.2, 0.25) is 11.7 Å². The molecule has 0 N–H and O–H groups in total. The molecule has 1 aromatic heterocycles. The van der Waals surface area contributed by atoms with Crippen LogP contribution in [0.5, 0.6) is 0 Å². The molecule has 1 fully saturated rings. The molecule has 0 spiro atoms. The Morgan fingerprint density at radius 3 is 2.73 bits per heavy atom. The summed E-state index contributed by atoms with van der Waals surface area (Å²) in [6.45, 7) is 0.588. The Morgan fingerprint density at radius 1 is 1.19 bits per heavy atom. The Hall–Kier alpha value is -2.73. The molecule has 1 amide bonds. The van der Waals surface area contributed by atoms with Crippen molar-refractivity contribution in [2.24, 2.45) is 0 Å². The van der Waals surface area contributed by atoms with Crippen molar-refractivity contribution in [2.75, 3.05) is 6.54 Å². The number of carbonyl (C=O) groups is 1. The zero-order valence-electron chi connectivity index (χ0n) is 13.7. The molecule has 1 aliphatic heterocycles. The fourth-order valence-electron chi connectivity index (χ4n) is 3.15. The van der Waals surface area contributed by atoms with E-state index in [0.29, 0.717) is 34.4 Å². The summed E-state index contributed by atoms with van der Waals surface area (Å²) in [5, 5.41) is 4.54. The van der Waals surface area contributed by atoms with Gasteiger partial charge in [0, 0.05) is 17.7 Å². The molecule has 1 atom stereocenters. The minimum absolute atomic E-state index is 0.176. The molecule has 1 saturated heterocycles. The van der Waals surface area contributed by atoms with E-state index in [2.05, 4.69) is 10.1 Å². The van der Waals surface area contributed by atoms with E-state index in [1.807, 2.05) is 18.2 Å². The average Bonchev–Trinajstić information content (AvgIpc) is 3.31. The first-order valence-corrected chi connectivity index (χ1v) is 8.66. The molecular weight excluding hydrogens is 357 g/mol. The maximum Gasteiger partial charge on any atom is 0.254 e. The highest BCUT2D eigenvalue weighted by molar-refractivity contribution is 6.33. The Balaban J connectivity index is 1.60. The quantitative estimate of drug-likeness (QED) is 0.679. The molecule has 5 nitrogen and oxygen atoms in total. The van der Waals surface area contributed by atoms with Gasteiger partial charge in [-0.2, -0.15) is 4.98 Å². The Kier molecular flexibility index (Phi) is 4.42. The predicted molar refractivity (Wildman–Crippen MR) is 94.2 cm³/mol. The molecular formula is C19H15ClFN3O2. The lowest BCUT2D eigenvalue weighted by atomic mass is 10.1. The normalized spacial score (nSPS) is 16.8. The zero-order valence-corrected chi connectivity index (χ0v) is 14.5. The maximum absolute atomic E-state index is 13.1. The van der Waals surface area contributed by atoms with Crippen molar-refractivity contribution in [2.45, 2.75) is 18.9 Å². The van der Waals surface area contributed by atoms with Crippen molar-refractivity contribution in [3.63, 3.8) is 0 Å². The molecule has 0 radical (unpaired) electrons. The minimum Gasteiger partial charge on any atom is -0.337 e. The second-order valence-corrected chi connectivity index (χ2v) is 6.51. The van der Waals surface area contributed by atoms with Gasteiger partial charge in [0.25, 0.3) is 5.91 Å². The number of aromatic nitrogens is 2. The van der Waals surface area contributed by atoms with Crippen molar-refractivity contribution in [3.05, 3.63) is 70.8 Å². The van der Waals surface area contributed by atoms with E-state index in [1.165, 1.54) is 24.3 Å². The van der Waals surface area contributed by atoms with Crippen LogP contribution in [0.4, 0.5) is 4.39 Å². The smallest absolute Gasteiger partial charge is 0.254 e. The van der Waals surface area contributed by atoms with Crippen LogP contribution in [0.2, 0.25) is 5.02 Å². The van der Waals surface area contributed by atoms with Crippen LogP contribution in [0, 0.1) is 5.82 Å². The van der Waals surface area contributed by atoms with Crippen molar-refractivity contribution in [1.29, 1.82) is 0 Å². The van der Waals surface area contributed by atoms with Crippen LogP contribution in [0.25, 0.3) is 11.4 Å². The van der Waals surface area contributed by atoms with Gasteiger partial charge in [0.1, 0.15) is 11.9 Å². The van der Waals surface area contributed by atoms with E-state index in [9.17, 15) is 9.18 Å². The molecule has 1 aliphatic rings. The van der Waals surface area contributed by atoms with Crippen molar-refractivity contribution in [1.82, 2.24) is 15.0 Å². The summed E-state index contributed by atoms with van der Waals surface area (Å²) in [6.07, 6.45) is 1.57. The highest BCUT2D eigenvalue weighted by atomic mass is 35.5. The van der Waals surface area contributed by atoms with E-state index in [4.69, 9.17) is 16.1 Å². The summed E-state index contributed by atoms with van der Waals surface area (Å²) in [5.41, 5.74) is 1.11. The minimum atomic E-state index is -0.374. The number of amides is 1. The first-order valence-electron chi connectivity index (χ1n) is 8.28. The van der Waals surface area contributed by atoms with Gasteiger partial charge in [-0.3, -0.25) is 4.79 Å². The number of hydrogen-bond donors (Lipinski definition) is 0. The molecule has 2 aromatic carbocycles. The van der Waals surface area contributed by atoms with Crippen LogP contribution in [0.3, 0.4) is 0 Å². The van der Waals surface area contributed by atoms with Gasteiger partial charge in [0.05, 0.1) is 5.02 Å². The molecule has 132 valence electrons. The van der Waals surface area contributed by atoms with Gasteiger partial charge in [-0.05, 0) is 49.2 Å². The molecule has 2 heterocycles. The summed E-state index contributed by atoms with van der Waals surface area (Å²) < 4.78 is 18.5. The molecule has 0 bridgehead atoms.